The molecule has 2 aromatic heterocycles. The van der Waals surface area contributed by atoms with Crippen molar-refractivity contribution in [3.63, 3.8) is 0 Å². The molecule has 0 saturated carbocycles. The Bertz CT molecular complexity index is 860. The fourth-order valence-corrected chi connectivity index (χ4v) is 2.24. The molecule has 0 fully saturated rings. The second kappa shape index (κ2) is 5.44. The van der Waals surface area contributed by atoms with Gasteiger partial charge < -0.3 is 9.67 Å². The van der Waals surface area contributed by atoms with E-state index in [2.05, 4.69) is 15.3 Å². The molecule has 0 aliphatic heterocycles. The fourth-order valence-electron chi connectivity index (χ4n) is 2.24. The van der Waals surface area contributed by atoms with E-state index < -0.39 is 5.91 Å². The molecule has 0 radical (unpaired) electrons. The number of hydrogen-bond donors (Lipinski definition) is 2. The molecule has 3 aromatic rings. The summed E-state index contributed by atoms with van der Waals surface area (Å²) in [6.07, 6.45) is 2.58. The normalized spacial score (nSPS) is 10.8. The summed E-state index contributed by atoms with van der Waals surface area (Å²) in [7, 11) is 0. The van der Waals surface area contributed by atoms with Crippen LogP contribution in [0.2, 0.25) is 0 Å². The molecule has 0 aliphatic carbocycles. The van der Waals surface area contributed by atoms with Crippen molar-refractivity contribution in [2.24, 2.45) is 0 Å². The number of halogens is 1. The molecule has 2 N–H and O–H groups in total. The molecule has 112 valence electrons. The summed E-state index contributed by atoms with van der Waals surface area (Å²) in [5, 5.41) is 12.0. The van der Waals surface area contributed by atoms with E-state index in [1.165, 1.54) is 30.6 Å². The number of fused-ring (bicyclic) bond motifs is 1. The Morgan fingerprint density at radius 2 is 2.18 bits per heavy atom. The zero-order valence-corrected chi connectivity index (χ0v) is 11.7. The van der Waals surface area contributed by atoms with Gasteiger partial charge in [-0.1, -0.05) is 0 Å². The number of nitrogens with zero attached hydrogens (tertiary/aromatic N) is 3. The molecule has 1 aromatic carbocycles. The van der Waals surface area contributed by atoms with Crippen molar-refractivity contribution < 1.29 is 14.3 Å². The largest absolute Gasteiger partial charge is 0.506 e. The highest BCUT2D eigenvalue weighted by atomic mass is 19.1. The lowest BCUT2D eigenvalue weighted by Crippen LogP contribution is -2.15. The van der Waals surface area contributed by atoms with Gasteiger partial charge in [-0.15, -0.1) is 0 Å². The summed E-state index contributed by atoms with van der Waals surface area (Å²) in [6, 6.07) is 5.58. The van der Waals surface area contributed by atoms with Crippen molar-refractivity contribution in [3.8, 4) is 5.75 Å². The summed E-state index contributed by atoms with van der Waals surface area (Å²) < 4.78 is 15.0. The first-order valence-electron chi connectivity index (χ1n) is 6.69. The fraction of sp³-hybridized carbons (Fsp3) is 0.133. The lowest BCUT2D eigenvalue weighted by molar-refractivity contribution is 0.102. The van der Waals surface area contributed by atoms with Crippen LogP contribution in [0, 0.1) is 5.82 Å². The van der Waals surface area contributed by atoms with Crippen molar-refractivity contribution in [1.29, 1.82) is 0 Å². The van der Waals surface area contributed by atoms with E-state index in [9.17, 15) is 14.3 Å². The van der Waals surface area contributed by atoms with E-state index in [1.807, 2.05) is 6.92 Å². The molecule has 1 amide bonds. The number of carbonyl (C=O) groups excluding carboxylic acids is 1. The summed E-state index contributed by atoms with van der Waals surface area (Å²) in [5.74, 6) is -0.618. The second-order valence-corrected chi connectivity index (χ2v) is 4.70. The Morgan fingerprint density at radius 3 is 2.91 bits per heavy atom. The number of carbonyl (C=O) groups is 1. The highest BCUT2D eigenvalue weighted by molar-refractivity contribution is 6.04. The van der Waals surface area contributed by atoms with Crippen molar-refractivity contribution >= 4 is 22.9 Å². The number of rotatable bonds is 3. The number of aromatic hydroxyl groups is 1. The Labute approximate surface area is 125 Å². The summed E-state index contributed by atoms with van der Waals surface area (Å²) in [5.41, 5.74) is 1.40. The Hall–Kier alpha value is -2.96. The monoisotopic (exact) mass is 300 g/mol. The van der Waals surface area contributed by atoms with Gasteiger partial charge in [0, 0.05) is 18.8 Å². The van der Waals surface area contributed by atoms with E-state index in [4.69, 9.17) is 0 Å². The molecule has 6 nitrogen and oxygen atoms in total. The maximum absolute atomic E-state index is 13.3. The number of hydrogen-bond acceptors (Lipinski definition) is 4. The number of anilines is 1. The minimum Gasteiger partial charge on any atom is -0.506 e. The molecule has 0 aliphatic rings. The number of amides is 1. The van der Waals surface area contributed by atoms with Crippen LogP contribution >= 0.6 is 0 Å². The number of nitrogens with one attached hydrogen (secondary N) is 1. The van der Waals surface area contributed by atoms with Gasteiger partial charge in [-0.3, -0.25) is 15.1 Å². The number of aromatic nitrogens is 3. The number of imidazole rings is 1. The second-order valence-electron chi connectivity index (χ2n) is 4.70. The van der Waals surface area contributed by atoms with Crippen LogP contribution in [-0.4, -0.2) is 25.5 Å². The molecule has 2 heterocycles. The van der Waals surface area contributed by atoms with Gasteiger partial charge in [0.05, 0.1) is 22.8 Å². The standard InChI is InChI=1S/C15H13FN4O2/c1-2-20-13-4-3-10(16)6-12(13)18-15(20)19-14(22)9-5-11(21)8-17-7-9/h3-8,21H,2H2,1H3,(H,18,19,22). The predicted molar refractivity (Wildman–Crippen MR) is 79.2 cm³/mol. The highest BCUT2D eigenvalue weighted by Gasteiger charge is 2.14. The Morgan fingerprint density at radius 1 is 1.36 bits per heavy atom. The highest BCUT2D eigenvalue weighted by Crippen LogP contribution is 2.21. The van der Waals surface area contributed by atoms with Crippen LogP contribution in [0.3, 0.4) is 0 Å². The SMILES string of the molecule is CCn1c(NC(=O)c2cncc(O)c2)nc2cc(F)ccc21. The van der Waals surface area contributed by atoms with Gasteiger partial charge in [-0.2, -0.15) is 0 Å². The van der Waals surface area contributed by atoms with Crippen LogP contribution in [0.5, 0.6) is 5.75 Å². The van der Waals surface area contributed by atoms with E-state index >= 15 is 0 Å². The van der Waals surface area contributed by atoms with Crippen LogP contribution in [0.4, 0.5) is 10.3 Å². The molecular formula is C15H13FN4O2. The van der Waals surface area contributed by atoms with Gasteiger partial charge in [-0.25, -0.2) is 9.37 Å². The zero-order chi connectivity index (χ0) is 15.7. The molecule has 22 heavy (non-hydrogen) atoms. The molecular weight excluding hydrogens is 287 g/mol. The van der Waals surface area contributed by atoms with Crippen molar-refractivity contribution in [2.75, 3.05) is 5.32 Å². The molecule has 0 saturated heterocycles. The molecule has 0 bridgehead atoms. The average Bonchev–Trinajstić information content (AvgIpc) is 2.83. The van der Waals surface area contributed by atoms with E-state index in [1.54, 1.807) is 10.6 Å². The topological polar surface area (TPSA) is 80.0 Å². The Kier molecular flexibility index (Phi) is 3.46. The number of pyridine rings is 1. The van der Waals surface area contributed by atoms with E-state index in [0.717, 1.165) is 5.52 Å². The first kappa shape index (κ1) is 14.0. The van der Waals surface area contributed by atoms with Crippen LogP contribution < -0.4 is 5.32 Å². The third kappa shape index (κ3) is 2.48. The van der Waals surface area contributed by atoms with Crippen LogP contribution in [-0.2, 0) is 6.54 Å². The minimum absolute atomic E-state index is 0.0984. The van der Waals surface area contributed by atoms with Gasteiger partial charge in [0.2, 0.25) is 5.95 Å². The maximum atomic E-state index is 13.3. The summed E-state index contributed by atoms with van der Waals surface area (Å²) in [4.78, 5) is 20.2. The molecule has 0 unspecified atom stereocenters. The van der Waals surface area contributed by atoms with Crippen molar-refractivity contribution in [3.05, 3.63) is 48.0 Å². The predicted octanol–water partition coefficient (Wildman–Crippen LogP) is 2.55. The van der Waals surface area contributed by atoms with Gasteiger partial charge in [0.15, 0.2) is 0 Å². The molecule has 0 atom stereocenters. The molecule has 7 heteroatoms. The number of aryl methyl sites for hydroxylation is 1. The van der Waals surface area contributed by atoms with Crippen molar-refractivity contribution in [2.45, 2.75) is 13.5 Å². The van der Waals surface area contributed by atoms with E-state index in [0.29, 0.717) is 18.0 Å². The van der Waals surface area contributed by atoms with Crippen LogP contribution in [0.25, 0.3) is 11.0 Å². The molecule has 3 rings (SSSR count). The number of benzene rings is 1. The van der Waals surface area contributed by atoms with E-state index in [-0.39, 0.29) is 17.1 Å². The molecule has 0 spiro atoms. The smallest absolute Gasteiger partial charge is 0.259 e. The third-order valence-corrected chi connectivity index (χ3v) is 3.24. The Balaban J connectivity index is 1.98. The summed E-state index contributed by atoms with van der Waals surface area (Å²) >= 11 is 0. The lowest BCUT2D eigenvalue weighted by atomic mass is 10.2. The zero-order valence-electron chi connectivity index (χ0n) is 11.7. The van der Waals surface area contributed by atoms with Crippen molar-refractivity contribution in [1.82, 2.24) is 14.5 Å². The van der Waals surface area contributed by atoms with Crippen LogP contribution in [0.1, 0.15) is 17.3 Å². The van der Waals surface area contributed by atoms with Crippen LogP contribution in [0.15, 0.2) is 36.7 Å². The lowest BCUT2D eigenvalue weighted by Gasteiger charge is -2.07. The van der Waals surface area contributed by atoms with Gasteiger partial charge in [0.25, 0.3) is 5.91 Å². The van der Waals surface area contributed by atoms with Gasteiger partial charge in [-0.05, 0) is 25.1 Å². The third-order valence-electron chi connectivity index (χ3n) is 3.24. The van der Waals surface area contributed by atoms with Gasteiger partial charge in [0.1, 0.15) is 11.6 Å². The first-order valence-corrected chi connectivity index (χ1v) is 6.69. The summed E-state index contributed by atoms with van der Waals surface area (Å²) in [6.45, 7) is 2.46. The van der Waals surface area contributed by atoms with Gasteiger partial charge >= 0.3 is 0 Å². The quantitative estimate of drug-likeness (QED) is 0.779. The first-order chi connectivity index (χ1) is 10.6. The minimum atomic E-state index is -0.450. The average molecular weight is 300 g/mol. The maximum Gasteiger partial charge on any atom is 0.259 e.